The van der Waals surface area contributed by atoms with Crippen LogP contribution in [0.4, 0.5) is 4.39 Å². The van der Waals surface area contributed by atoms with Crippen LogP contribution < -0.4 is 4.72 Å². The van der Waals surface area contributed by atoms with Crippen LogP contribution in [0.25, 0.3) is 0 Å². The van der Waals surface area contributed by atoms with E-state index in [9.17, 15) is 12.8 Å². The molecule has 0 unspecified atom stereocenters. The van der Waals surface area contributed by atoms with E-state index in [-0.39, 0.29) is 23.3 Å². The van der Waals surface area contributed by atoms with E-state index < -0.39 is 10.0 Å². The number of benzene rings is 2. The molecule has 1 heterocycles. The second-order valence-corrected chi connectivity index (χ2v) is 7.65. The van der Waals surface area contributed by atoms with E-state index in [0.29, 0.717) is 26.3 Å². The first kappa shape index (κ1) is 18.0. The molecular formula is C18H21FN2O3S. The van der Waals surface area contributed by atoms with Crippen molar-refractivity contribution in [2.75, 3.05) is 32.8 Å². The minimum Gasteiger partial charge on any atom is -0.379 e. The molecule has 0 aliphatic carbocycles. The molecule has 0 saturated carbocycles. The van der Waals surface area contributed by atoms with Gasteiger partial charge in [0, 0.05) is 25.7 Å². The van der Waals surface area contributed by atoms with Gasteiger partial charge in [0.1, 0.15) is 5.82 Å². The van der Waals surface area contributed by atoms with Crippen LogP contribution in [0.15, 0.2) is 59.5 Å². The van der Waals surface area contributed by atoms with E-state index >= 15 is 0 Å². The van der Waals surface area contributed by atoms with Crippen LogP contribution in [0, 0.1) is 5.82 Å². The van der Waals surface area contributed by atoms with Crippen molar-refractivity contribution in [2.24, 2.45) is 0 Å². The number of halogens is 1. The predicted octanol–water partition coefficient (Wildman–Crippen LogP) is 2.18. The normalized spacial score (nSPS) is 17.3. The minimum absolute atomic E-state index is 0.167. The fourth-order valence-corrected chi connectivity index (χ4v) is 3.99. The van der Waals surface area contributed by atoms with Gasteiger partial charge in [0.05, 0.1) is 18.1 Å². The van der Waals surface area contributed by atoms with Crippen molar-refractivity contribution in [1.82, 2.24) is 9.62 Å². The molecule has 0 bridgehead atoms. The lowest BCUT2D eigenvalue weighted by Gasteiger charge is -2.34. The van der Waals surface area contributed by atoms with Crippen LogP contribution in [-0.4, -0.2) is 46.2 Å². The maximum atomic E-state index is 13.7. The third-order valence-corrected chi connectivity index (χ3v) is 5.68. The Balaban J connectivity index is 1.80. The van der Waals surface area contributed by atoms with E-state index in [0.717, 1.165) is 5.56 Å². The third kappa shape index (κ3) is 4.64. The van der Waals surface area contributed by atoms with Crippen molar-refractivity contribution < 1.29 is 17.5 Å². The first-order chi connectivity index (χ1) is 12.1. The fraction of sp³-hybridized carbons (Fsp3) is 0.333. The van der Waals surface area contributed by atoms with E-state index in [4.69, 9.17) is 4.74 Å². The maximum Gasteiger partial charge on any atom is 0.240 e. The molecule has 0 aromatic heterocycles. The molecule has 5 nitrogen and oxygen atoms in total. The molecule has 134 valence electrons. The summed E-state index contributed by atoms with van der Waals surface area (Å²) >= 11 is 0. The molecular weight excluding hydrogens is 343 g/mol. The molecule has 1 N–H and O–H groups in total. The Bertz CT molecular complexity index is 793. The van der Waals surface area contributed by atoms with Gasteiger partial charge in [0.2, 0.25) is 10.0 Å². The molecule has 7 heteroatoms. The van der Waals surface area contributed by atoms with Crippen LogP contribution in [0.5, 0.6) is 0 Å². The second-order valence-electron chi connectivity index (χ2n) is 5.88. The highest BCUT2D eigenvalue weighted by Crippen LogP contribution is 2.23. The lowest BCUT2D eigenvalue weighted by molar-refractivity contribution is 0.0171. The van der Waals surface area contributed by atoms with Gasteiger partial charge in [-0.2, -0.15) is 0 Å². The average molecular weight is 364 g/mol. The van der Waals surface area contributed by atoms with E-state index in [1.54, 1.807) is 36.4 Å². The Labute approximate surface area is 147 Å². The van der Waals surface area contributed by atoms with Crippen molar-refractivity contribution in [3.05, 3.63) is 66.0 Å². The van der Waals surface area contributed by atoms with Crippen LogP contribution >= 0.6 is 0 Å². The summed E-state index contributed by atoms with van der Waals surface area (Å²) in [4.78, 5) is 2.33. The third-order valence-electron chi connectivity index (χ3n) is 4.24. The Hall–Kier alpha value is -1.80. The van der Waals surface area contributed by atoms with Gasteiger partial charge in [0.25, 0.3) is 0 Å². The molecule has 1 aliphatic rings. The molecule has 0 radical (unpaired) electrons. The zero-order valence-electron chi connectivity index (χ0n) is 13.8. The molecule has 0 amide bonds. The number of sulfonamides is 1. The van der Waals surface area contributed by atoms with Crippen LogP contribution in [0.2, 0.25) is 0 Å². The number of nitrogens with zero attached hydrogens (tertiary/aromatic N) is 1. The molecule has 2 aromatic carbocycles. The van der Waals surface area contributed by atoms with Crippen LogP contribution in [0.3, 0.4) is 0 Å². The number of ether oxygens (including phenoxy) is 1. The van der Waals surface area contributed by atoms with Gasteiger partial charge in [-0.25, -0.2) is 17.5 Å². The highest BCUT2D eigenvalue weighted by Gasteiger charge is 2.25. The topological polar surface area (TPSA) is 58.6 Å². The molecule has 1 saturated heterocycles. The Morgan fingerprint density at radius 3 is 2.48 bits per heavy atom. The first-order valence-electron chi connectivity index (χ1n) is 8.18. The van der Waals surface area contributed by atoms with Crippen molar-refractivity contribution >= 4 is 10.0 Å². The van der Waals surface area contributed by atoms with Gasteiger partial charge in [0.15, 0.2) is 0 Å². The highest BCUT2D eigenvalue weighted by molar-refractivity contribution is 7.89. The predicted molar refractivity (Wildman–Crippen MR) is 93.2 cm³/mol. The van der Waals surface area contributed by atoms with Gasteiger partial charge in [-0.15, -0.1) is 0 Å². The SMILES string of the molecule is O=S(=O)(NC[C@H](c1cccc(F)c1)N1CCOCC1)c1ccccc1. The Morgan fingerprint density at radius 2 is 1.80 bits per heavy atom. The molecule has 0 spiro atoms. The molecule has 25 heavy (non-hydrogen) atoms. The molecule has 1 atom stereocenters. The summed E-state index contributed by atoms with van der Waals surface area (Å²) < 4.78 is 46.7. The number of hydrogen-bond donors (Lipinski definition) is 1. The van der Waals surface area contributed by atoms with E-state index in [2.05, 4.69) is 9.62 Å². The minimum atomic E-state index is -3.61. The summed E-state index contributed by atoms with van der Waals surface area (Å²) in [5.41, 5.74) is 0.748. The summed E-state index contributed by atoms with van der Waals surface area (Å²) in [7, 11) is -3.61. The monoisotopic (exact) mass is 364 g/mol. The standard InChI is InChI=1S/C18H21FN2O3S/c19-16-6-4-5-15(13-16)18(21-9-11-24-12-10-21)14-20-25(22,23)17-7-2-1-3-8-17/h1-8,13,18,20H,9-12,14H2/t18-/m1/s1. The molecule has 1 fully saturated rings. The number of nitrogens with one attached hydrogen (secondary N) is 1. The van der Waals surface area contributed by atoms with Crippen molar-refractivity contribution in [3.8, 4) is 0 Å². The van der Waals surface area contributed by atoms with Crippen LogP contribution in [0.1, 0.15) is 11.6 Å². The number of hydrogen-bond acceptors (Lipinski definition) is 4. The number of rotatable bonds is 6. The first-order valence-corrected chi connectivity index (χ1v) is 9.66. The summed E-state index contributed by atoms with van der Waals surface area (Å²) in [5, 5.41) is 0. The quantitative estimate of drug-likeness (QED) is 0.854. The van der Waals surface area contributed by atoms with Gasteiger partial charge in [-0.1, -0.05) is 30.3 Å². The number of morpholine rings is 1. The molecule has 1 aliphatic heterocycles. The van der Waals surface area contributed by atoms with Crippen LogP contribution in [-0.2, 0) is 14.8 Å². The lowest BCUT2D eigenvalue weighted by atomic mass is 10.0. The highest BCUT2D eigenvalue weighted by atomic mass is 32.2. The zero-order chi connectivity index (χ0) is 17.7. The smallest absolute Gasteiger partial charge is 0.240 e. The van der Waals surface area contributed by atoms with Gasteiger partial charge >= 0.3 is 0 Å². The Morgan fingerprint density at radius 1 is 1.08 bits per heavy atom. The van der Waals surface area contributed by atoms with E-state index in [1.165, 1.54) is 12.1 Å². The van der Waals surface area contributed by atoms with Crippen molar-refractivity contribution in [3.63, 3.8) is 0 Å². The second kappa shape index (κ2) is 8.05. The zero-order valence-corrected chi connectivity index (χ0v) is 14.6. The Kier molecular flexibility index (Phi) is 5.80. The largest absolute Gasteiger partial charge is 0.379 e. The molecule has 2 aromatic rings. The summed E-state index contributed by atoms with van der Waals surface area (Å²) in [6.07, 6.45) is 0. The van der Waals surface area contributed by atoms with Gasteiger partial charge < -0.3 is 4.74 Å². The summed E-state index contributed by atoms with van der Waals surface area (Å²) in [6, 6.07) is 14.3. The average Bonchev–Trinajstić information content (AvgIpc) is 2.63. The van der Waals surface area contributed by atoms with E-state index in [1.807, 2.05) is 6.07 Å². The summed E-state index contributed by atoms with van der Waals surface area (Å²) in [6.45, 7) is 2.68. The van der Waals surface area contributed by atoms with Crippen molar-refractivity contribution in [2.45, 2.75) is 10.9 Å². The molecule has 3 rings (SSSR count). The lowest BCUT2D eigenvalue weighted by Crippen LogP contribution is -2.43. The summed E-state index contributed by atoms with van der Waals surface area (Å²) in [5.74, 6) is -0.332. The van der Waals surface area contributed by atoms with Gasteiger partial charge in [-0.3, -0.25) is 4.90 Å². The maximum absolute atomic E-state index is 13.7. The van der Waals surface area contributed by atoms with Crippen molar-refractivity contribution in [1.29, 1.82) is 0 Å². The van der Waals surface area contributed by atoms with Gasteiger partial charge in [-0.05, 0) is 29.8 Å². The fourth-order valence-electron chi connectivity index (χ4n) is 2.93.